The lowest BCUT2D eigenvalue weighted by Crippen LogP contribution is -2.39. The van der Waals surface area contributed by atoms with Crippen molar-refractivity contribution in [3.05, 3.63) is 57.9 Å². The highest BCUT2D eigenvalue weighted by molar-refractivity contribution is 6.01. The highest BCUT2D eigenvalue weighted by atomic mass is 16.5. The minimum atomic E-state index is -0.939. The number of carbonyl (C=O) groups excluding carboxylic acids is 3. The van der Waals surface area contributed by atoms with Crippen molar-refractivity contribution >= 4 is 17.7 Å². The Morgan fingerprint density at radius 1 is 1.21 bits per heavy atom. The van der Waals surface area contributed by atoms with Gasteiger partial charge in [0.05, 0.1) is 6.04 Å². The van der Waals surface area contributed by atoms with Crippen molar-refractivity contribution < 1.29 is 19.1 Å². The maximum atomic E-state index is 12.6. The van der Waals surface area contributed by atoms with E-state index >= 15 is 0 Å². The van der Waals surface area contributed by atoms with Crippen molar-refractivity contribution in [2.45, 2.75) is 59.1 Å². The van der Waals surface area contributed by atoms with Crippen LogP contribution in [0.25, 0.3) is 0 Å². The fraction of sp³-hybridized carbons (Fsp3) is 0.409. The molecule has 148 valence electrons. The SMILES string of the molecule is CC(=O)c1c(C)[nH]c(C(=O)O[C@@H](C)C(=O)N[C@H]2CCCc3ccccc32)c1C. The van der Waals surface area contributed by atoms with Gasteiger partial charge in [0, 0.05) is 11.3 Å². The Morgan fingerprint density at radius 3 is 2.61 bits per heavy atom. The van der Waals surface area contributed by atoms with Crippen LogP contribution in [0.4, 0.5) is 0 Å². The molecular formula is C22H26N2O4. The molecule has 1 aliphatic rings. The zero-order chi connectivity index (χ0) is 20.4. The summed E-state index contributed by atoms with van der Waals surface area (Å²) < 4.78 is 5.36. The average molecular weight is 382 g/mol. The summed E-state index contributed by atoms with van der Waals surface area (Å²) in [6, 6.07) is 8.02. The second-order valence-electron chi connectivity index (χ2n) is 7.38. The number of nitrogens with one attached hydrogen (secondary N) is 2. The molecule has 6 heteroatoms. The second-order valence-corrected chi connectivity index (χ2v) is 7.38. The summed E-state index contributed by atoms with van der Waals surface area (Å²) in [5.74, 6) is -1.09. The van der Waals surface area contributed by atoms with Gasteiger partial charge in [-0.3, -0.25) is 9.59 Å². The smallest absolute Gasteiger partial charge is 0.355 e. The number of benzene rings is 1. The van der Waals surface area contributed by atoms with Gasteiger partial charge in [-0.2, -0.15) is 0 Å². The van der Waals surface area contributed by atoms with Crippen LogP contribution in [-0.4, -0.2) is 28.7 Å². The summed E-state index contributed by atoms with van der Waals surface area (Å²) in [5, 5.41) is 3.00. The third-order valence-electron chi connectivity index (χ3n) is 5.33. The molecule has 2 atom stereocenters. The van der Waals surface area contributed by atoms with Crippen LogP contribution in [0.2, 0.25) is 0 Å². The molecule has 0 fully saturated rings. The standard InChI is InChI=1S/C22H26N2O4/c1-12-19(14(3)25)13(2)23-20(12)22(27)28-15(4)21(26)24-18-11-7-9-16-8-5-6-10-17(16)18/h5-6,8,10,15,18,23H,7,9,11H2,1-4H3,(H,24,26)/t15-,18-/m0/s1. The van der Waals surface area contributed by atoms with Gasteiger partial charge in [0.15, 0.2) is 11.9 Å². The Hall–Kier alpha value is -2.89. The zero-order valence-corrected chi connectivity index (χ0v) is 16.7. The van der Waals surface area contributed by atoms with E-state index in [1.165, 1.54) is 12.5 Å². The maximum absolute atomic E-state index is 12.6. The van der Waals surface area contributed by atoms with Gasteiger partial charge in [0.1, 0.15) is 5.69 Å². The largest absolute Gasteiger partial charge is 0.448 e. The number of esters is 1. The number of rotatable bonds is 5. The first-order chi connectivity index (χ1) is 13.3. The first kappa shape index (κ1) is 19.9. The van der Waals surface area contributed by atoms with Crippen molar-refractivity contribution in [2.75, 3.05) is 0 Å². The number of Topliss-reactive ketones (excluding diaryl/α,β-unsaturated/α-hetero) is 1. The molecule has 1 aromatic heterocycles. The fourth-order valence-corrected chi connectivity index (χ4v) is 3.95. The number of aromatic nitrogens is 1. The first-order valence-electron chi connectivity index (χ1n) is 9.58. The molecule has 1 aromatic carbocycles. The molecule has 28 heavy (non-hydrogen) atoms. The third kappa shape index (κ3) is 3.86. The molecule has 6 nitrogen and oxygen atoms in total. The van der Waals surface area contributed by atoms with Crippen molar-refractivity contribution in [2.24, 2.45) is 0 Å². The predicted octanol–water partition coefficient (Wildman–Crippen LogP) is 3.57. The van der Waals surface area contributed by atoms with Crippen LogP contribution in [0.5, 0.6) is 0 Å². The lowest BCUT2D eigenvalue weighted by Gasteiger charge is -2.27. The topological polar surface area (TPSA) is 88.3 Å². The summed E-state index contributed by atoms with van der Waals surface area (Å²) >= 11 is 0. The summed E-state index contributed by atoms with van der Waals surface area (Å²) in [4.78, 5) is 39.8. The number of fused-ring (bicyclic) bond motifs is 1. The Bertz CT molecular complexity index is 929. The van der Waals surface area contributed by atoms with Gasteiger partial charge in [-0.1, -0.05) is 24.3 Å². The molecule has 0 saturated heterocycles. The Kier molecular flexibility index (Phi) is 5.68. The van der Waals surface area contributed by atoms with Gasteiger partial charge in [-0.05, 0) is 63.6 Å². The summed E-state index contributed by atoms with van der Waals surface area (Å²) in [6.07, 6.45) is 1.94. The Morgan fingerprint density at radius 2 is 1.93 bits per heavy atom. The molecule has 2 N–H and O–H groups in total. The molecule has 0 saturated carbocycles. The molecule has 0 aliphatic heterocycles. The van der Waals surface area contributed by atoms with E-state index in [4.69, 9.17) is 4.74 Å². The highest BCUT2D eigenvalue weighted by Crippen LogP contribution is 2.29. The summed E-state index contributed by atoms with van der Waals surface area (Å²) in [6.45, 7) is 6.44. The molecule has 1 aliphatic carbocycles. The van der Waals surface area contributed by atoms with Crippen LogP contribution in [0.3, 0.4) is 0 Å². The molecule has 0 unspecified atom stereocenters. The molecular weight excluding hydrogens is 356 g/mol. The van der Waals surface area contributed by atoms with Crippen LogP contribution >= 0.6 is 0 Å². The summed E-state index contributed by atoms with van der Waals surface area (Å²) in [5.41, 5.74) is 4.24. The second kappa shape index (κ2) is 8.00. The van der Waals surface area contributed by atoms with Crippen molar-refractivity contribution in [3.63, 3.8) is 0 Å². The number of carbonyl (C=O) groups is 3. The maximum Gasteiger partial charge on any atom is 0.355 e. The zero-order valence-electron chi connectivity index (χ0n) is 16.7. The van der Waals surface area contributed by atoms with Crippen LogP contribution in [0.15, 0.2) is 24.3 Å². The quantitative estimate of drug-likeness (QED) is 0.611. The van der Waals surface area contributed by atoms with Crippen LogP contribution in [-0.2, 0) is 16.0 Å². The van der Waals surface area contributed by atoms with E-state index in [9.17, 15) is 14.4 Å². The van der Waals surface area contributed by atoms with Crippen LogP contribution in [0, 0.1) is 13.8 Å². The number of hydrogen-bond donors (Lipinski definition) is 2. The highest BCUT2D eigenvalue weighted by Gasteiger charge is 2.27. The minimum Gasteiger partial charge on any atom is -0.448 e. The molecule has 0 radical (unpaired) electrons. The van der Waals surface area contributed by atoms with Crippen LogP contribution < -0.4 is 5.32 Å². The average Bonchev–Trinajstić information content (AvgIpc) is 2.96. The Labute approximate surface area is 164 Å². The number of ether oxygens (including phenoxy) is 1. The third-order valence-corrected chi connectivity index (χ3v) is 5.33. The number of amides is 1. The molecule has 1 amide bonds. The lowest BCUT2D eigenvalue weighted by atomic mass is 9.87. The Balaban J connectivity index is 1.68. The van der Waals surface area contributed by atoms with E-state index in [0.717, 1.165) is 24.8 Å². The lowest BCUT2D eigenvalue weighted by molar-refractivity contribution is -0.130. The minimum absolute atomic E-state index is 0.0719. The van der Waals surface area contributed by atoms with Gasteiger partial charge in [-0.25, -0.2) is 4.79 Å². The molecule has 2 aromatic rings. The van der Waals surface area contributed by atoms with E-state index in [0.29, 0.717) is 16.8 Å². The molecule has 0 spiro atoms. The normalized spacial score (nSPS) is 16.8. The van der Waals surface area contributed by atoms with Crippen molar-refractivity contribution in [1.82, 2.24) is 10.3 Å². The van der Waals surface area contributed by atoms with E-state index < -0.39 is 12.1 Å². The number of H-pyrrole nitrogens is 1. The van der Waals surface area contributed by atoms with Gasteiger partial charge < -0.3 is 15.0 Å². The van der Waals surface area contributed by atoms with Crippen molar-refractivity contribution in [1.29, 1.82) is 0 Å². The molecule has 1 heterocycles. The predicted molar refractivity (Wildman–Crippen MR) is 105 cm³/mol. The number of aromatic amines is 1. The monoisotopic (exact) mass is 382 g/mol. The van der Waals surface area contributed by atoms with E-state index in [2.05, 4.69) is 16.4 Å². The molecule has 3 rings (SSSR count). The fourth-order valence-electron chi connectivity index (χ4n) is 3.95. The van der Waals surface area contributed by atoms with E-state index in [-0.39, 0.29) is 23.4 Å². The first-order valence-corrected chi connectivity index (χ1v) is 9.58. The molecule has 0 bridgehead atoms. The number of ketones is 1. The summed E-state index contributed by atoms with van der Waals surface area (Å²) in [7, 11) is 0. The van der Waals surface area contributed by atoms with Gasteiger partial charge in [-0.15, -0.1) is 0 Å². The van der Waals surface area contributed by atoms with Crippen LogP contribution in [0.1, 0.15) is 76.0 Å². The van der Waals surface area contributed by atoms with Crippen molar-refractivity contribution in [3.8, 4) is 0 Å². The number of hydrogen-bond acceptors (Lipinski definition) is 4. The van der Waals surface area contributed by atoms with Gasteiger partial charge >= 0.3 is 5.97 Å². The van der Waals surface area contributed by atoms with E-state index in [1.54, 1.807) is 20.8 Å². The van der Waals surface area contributed by atoms with Gasteiger partial charge in [0.25, 0.3) is 5.91 Å². The number of aryl methyl sites for hydroxylation is 2. The van der Waals surface area contributed by atoms with E-state index in [1.807, 2.05) is 18.2 Å². The van der Waals surface area contributed by atoms with Gasteiger partial charge in [0.2, 0.25) is 0 Å².